The van der Waals surface area contributed by atoms with E-state index in [1.54, 1.807) is 6.20 Å². The number of carbonyl (C=O) groups excluding carboxylic acids is 1. The van der Waals surface area contributed by atoms with E-state index in [2.05, 4.69) is 10.3 Å². The molecule has 27 heavy (non-hydrogen) atoms. The summed E-state index contributed by atoms with van der Waals surface area (Å²) in [6.07, 6.45) is 11.0. The minimum atomic E-state index is -0.620. The maximum absolute atomic E-state index is 12.5. The molecule has 2 fully saturated rings. The summed E-state index contributed by atoms with van der Waals surface area (Å²) in [5.74, 6) is 1.30. The normalized spacial score (nSPS) is 28.6. The molecule has 6 heteroatoms. The SMILES string of the molecule is CC(C)(O)[C@H]1CC[C@H](NC(=O)[C@H]2C[C@H](Oc3cccn4ccnc34)C2)CC1. The van der Waals surface area contributed by atoms with Gasteiger partial charge in [0.25, 0.3) is 0 Å². The Hall–Kier alpha value is -2.08. The Morgan fingerprint density at radius 2 is 2.00 bits per heavy atom. The molecule has 2 aliphatic rings. The Labute approximate surface area is 159 Å². The van der Waals surface area contributed by atoms with Crippen LogP contribution in [0.5, 0.6) is 5.75 Å². The van der Waals surface area contributed by atoms with Crippen LogP contribution in [-0.2, 0) is 4.79 Å². The van der Waals surface area contributed by atoms with Gasteiger partial charge in [-0.2, -0.15) is 0 Å². The fourth-order valence-electron chi connectivity index (χ4n) is 4.33. The second-order valence-electron chi connectivity index (χ2n) is 8.65. The van der Waals surface area contributed by atoms with E-state index in [0.717, 1.165) is 49.9 Å². The number of nitrogens with zero attached hydrogens (tertiary/aromatic N) is 2. The third-order valence-electron chi connectivity index (χ3n) is 6.22. The topological polar surface area (TPSA) is 75.9 Å². The van der Waals surface area contributed by atoms with Crippen molar-refractivity contribution in [3.8, 4) is 5.75 Å². The highest BCUT2D eigenvalue weighted by molar-refractivity contribution is 5.80. The molecule has 2 aliphatic carbocycles. The van der Waals surface area contributed by atoms with Crippen LogP contribution in [0.4, 0.5) is 0 Å². The number of amides is 1. The maximum Gasteiger partial charge on any atom is 0.223 e. The zero-order valence-corrected chi connectivity index (χ0v) is 16.1. The fourth-order valence-corrected chi connectivity index (χ4v) is 4.33. The van der Waals surface area contributed by atoms with Gasteiger partial charge in [-0.05, 0) is 70.4 Å². The summed E-state index contributed by atoms with van der Waals surface area (Å²) in [7, 11) is 0. The number of pyridine rings is 1. The third kappa shape index (κ3) is 3.95. The van der Waals surface area contributed by atoms with Crippen molar-refractivity contribution in [3.63, 3.8) is 0 Å². The molecule has 2 aromatic rings. The molecule has 1 amide bonds. The third-order valence-corrected chi connectivity index (χ3v) is 6.22. The number of hydrogen-bond donors (Lipinski definition) is 2. The van der Waals surface area contributed by atoms with Crippen LogP contribution in [0, 0.1) is 11.8 Å². The van der Waals surface area contributed by atoms with Crippen LogP contribution in [-0.4, -0.2) is 38.1 Å². The molecule has 2 N–H and O–H groups in total. The van der Waals surface area contributed by atoms with Gasteiger partial charge < -0.3 is 19.6 Å². The molecular formula is C21H29N3O3. The first-order valence-electron chi connectivity index (χ1n) is 10.0. The Morgan fingerprint density at radius 1 is 1.26 bits per heavy atom. The Bertz CT molecular complexity index is 796. The second kappa shape index (κ2) is 7.15. The molecule has 0 atom stereocenters. The summed E-state index contributed by atoms with van der Waals surface area (Å²) in [4.78, 5) is 16.8. The molecule has 146 valence electrons. The number of aliphatic hydroxyl groups is 1. The van der Waals surface area contributed by atoms with E-state index >= 15 is 0 Å². The number of fused-ring (bicyclic) bond motifs is 1. The van der Waals surface area contributed by atoms with Crippen LogP contribution >= 0.6 is 0 Å². The van der Waals surface area contributed by atoms with Crippen molar-refractivity contribution in [2.45, 2.75) is 70.1 Å². The minimum absolute atomic E-state index is 0.0430. The van der Waals surface area contributed by atoms with Gasteiger partial charge in [-0.25, -0.2) is 4.98 Å². The van der Waals surface area contributed by atoms with Gasteiger partial charge in [-0.1, -0.05) is 0 Å². The maximum atomic E-state index is 12.5. The van der Waals surface area contributed by atoms with Crippen molar-refractivity contribution in [3.05, 3.63) is 30.7 Å². The predicted molar refractivity (Wildman–Crippen MR) is 103 cm³/mol. The molecule has 6 nitrogen and oxygen atoms in total. The molecule has 2 aromatic heterocycles. The summed E-state index contributed by atoms with van der Waals surface area (Å²) in [6, 6.07) is 4.11. The number of ether oxygens (including phenoxy) is 1. The quantitative estimate of drug-likeness (QED) is 0.847. The van der Waals surface area contributed by atoms with Crippen molar-refractivity contribution >= 4 is 11.6 Å². The first-order chi connectivity index (χ1) is 12.9. The molecule has 0 bridgehead atoms. The van der Waals surface area contributed by atoms with E-state index in [4.69, 9.17) is 4.74 Å². The zero-order chi connectivity index (χ0) is 19.0. The van der Waals surface area contributed by atoms with Crippen LogP contribution in [0.25, 0.3) is 5.65 Å². The lowest BCUT2D eigenvalue weighted by atomic mass is 9.76. The average molecular weight is 371 g/mol. The lowest BCUT2D eigenvalue weighted by molar-refractivity contribution is -0.131. The van der Waals surface area contributed by atoms with Crippen LogP contribution in [0.2, 0.25) is 0 Å². The van der Waals surface area contributed by atoms with Gasteiger partial charge in [-0.15, -0.1) is 0 Å². The van der Waals surface area contributed by atoms with Crippen molar-refractivity contribution in [2.75, 3.05) is 0 Å². The van der Waals surface area contributed by atoms with E-state index in [1.807, 2.05) is 42.8 Å². The lowest BCUT2D eigenvalue weighted by Gasteiger charge is -2.38. The molecule has 4 rings (SSSR count). The number of hydrogen-bond acceptors (Lipinski definition) is 4. The summed E-state index contributed by atoms with van der Waals surface area (Å²) in [6.45, 7) is 3.77. The summed E-state index contributed by atoms with van der Waals surface area (Å²) < 4.78 is 7.99. The molecule has 0 aliphatic heterocycles. The van der Waals surface area contributed by atoms with Crippen LogP contribution in [0.1, 0.15) is 52.4 Å². The van der Waals surface area contributed by atoms with Gasteiger partial charge >= 0.3 is 0 Å². The van der Waals surface area contributed by atoms with Crippen molar-refractivity contribution < 1.29 is 14.6 Å². The number of aromatic nitrogens is 2. The predicted octanol–water partition coefficient (Wildman–Crippen LogP) is 2.94. The van der Waals surface area contributed by atoms with Gasteiger partial charge in [0, 0.05) is 30.6 Å². The minimum Gasteiger partial charge on any atom is -0.486 e. The second-order valence-corrected chi connectivity index (χ2v) is 8.65. The molecule has 2 saturated carbocycles. The van der Waals surface area contributed by atoms with Gasteiger partial charge in [0.15, 0.2) is 11.4 Å². The van der Waals surface area contributed by atoms with E-state index in [9.17, 15) is 9.90 Å². The Kier molecular flexibility index (Phi) is 4.84. The van der Waals surface area contributed by atoms with E-state index in [0.29, 0.717) is 5.92 Å². The Balaban J connectivity index is 1.23. The number of nitrogens with one attached hydrogen (secondary N) is 1. The van der Waals surface area contributed by atoms with Gasteiger partial charge in [0.1, 0.15) is 6.10 Å². The smallest absolute Gasteiger partial charge is 0.223 e. The number of rotatable bonds is 5. The molecule has 2 heterocycles. The van der Waals surface area contributed by atoms with Gasteiger partial charge in [0.05, 0.1) is 5.60 Å². The van der Waals surface area contributed by atoms with Crippen LogP contribution in [0.15, 0.2) is 30.7 Å². The summed E-state index contributed by atoms with van der Waals surface area (Å²) >= 11 is 0. The fraction of sp³-hybridized carbons (Fsp3) is 0.619. The molecule has 0 aromatic carbocycles. The molecule has 0 unspecified atom stereocenters. The van der Waals surface area contributed by atoms with Crippen LogP contribution in [0.3, 0.4) is 0 Å². The van der Waals surface area contributed by atoms with Gasteiger partial charge in [0.2, 0.25) is 5.91 Å². The molecule has 0 spiro atoms. The van der Waals surface area contributed by atoms with E-state index in [1.165, 1.54) is 0 Å². The summed E-state index contributed by atoms with van der Waals surface area (Å²) in [5, 5.41) is 13.4. The van der Waals surface area contributed by atoms with E-state index in [-0.39, 0.29) is 24.0 Å². The highest BCUT2D eigenvalue weighted by Crippen LogP contribution is 2.35. The number of imidazole rings is 1. The van der Waals surface area contributed by atoms with Crippen LogP contribution < -0.4 is 10.1 Å². The first-order valence-corrected chi connectivity index (χ1v) is 10.0. The van der Waals surface area contributed by atoms with E-state index < -0.39 is 5.60 Å². The van der Waals surface area contributed by atoms with Crippen molar-refractivity contribution in [1.29, 1.82) is 0 Å². The molecular weight excluding hydrogens is 342 g/mol. The highest BCUT2D eigenvalue weighted by atomic mass is 16.5. The summed E-state index contributed by atoms with van der Waals surface area (Å²) in [5.41, 5.74) is 0.194. The number of carbonyl (C=O) groups is 1. The standard InChI is InChI=1S/C21H29N3O3/c1-21(2,26)15-5-7-16(8-6-15)23-20(25)14-12-17(13-14)27-18-4-3-10-24-11-9-22-19(18)24/h3-4,9-11,14-17,26H,5-8,12-13H2,1-2H3,(H,23,25)/t14-,15-,16-,17-. The van der Waals surface area contributed by atoms with Crippen molar-refractivity contribution in [1.82, 2.24) is 14.7 Å². The van der Waals surface area contributed by atoms with Gasteiger partial charge in [-0.3, -0.25) is 4.79 Å². The zero-order valence-electron chi connectivity index (χ0n) is 16.1. The molecule has 0 saturated heterocycles. The largest absolute Gasteiger partial charge is 0.486 e. The highest BCUT2D eigenvalue weighted by Gasteiger charge is 2.38. The monoisotopic (exact) mass is 371 g/mol. The average Bonchev–Trinajstić information content (AvgIpc) is 3.06. The first kappa shape index (κ1) is 18.3. The van der Waals surface area contributed by atoms with Crippen molar-refractivity contribution in [2.24, 2.45) is 11.8 Å². The Morgan fingerprint density at radius 3 is 2.70 bits per heavy atom. The molecule has 0 radical (unpaired) electrons. The lowest BCUT2D eigenvalue weighted by Crippen LogP contribution is -2.48.